The number of ketones is 1. The topological polar surface area (TPSA) is 71.8 Å². The molecule has 19 heavy (non-hydrogen) atoms. The smallest absolute Gasteiger partial charge is 0.198 e. The number of hydrogen-bond donors (Lipinski definition) is 2. The summed E-state index contributed by atoms with van der Waals surface area (Å²) in [5, 5.41) is 0. The van der Waals surface area contributed by atoms with Crippen LogP contribution in [0.2, 0.25) is 0 Å². The first-order valence-electron chi connectivity index (χ1n) is 6.53. The Morgan fingerprint density at radius 3 is 2.74 bits per heavy atom. The van der Waals surface area contributed by atoms with Crippen LogP contribution in [0.3, 0.4) is 0 Å². The van der Waals surface area contributed by atoms with Crippen molar-refractivity contribution >= 4 is 39.7 Å². The van der Waals surface area contributed by atoms with Gasteiger partial charge in [-0.1, -0.05) is 19.3 Å². The lowest BCUT2D eigenvalue weighted by atomic mass is 9.84. The number of H-pyrrole nitrogens is 1. The van der Waals surface area contributed by atoms with Crippen LogP contribution >= 0.6 is 17.0 Å². The van der Waals surface area contributed by atoms with Gasteiger partial charge >= 0.3 is 0 Å². The number of carbonyl (C=O) groups is 1. The number of hydrogen-bond acceptors (Lipinski definition) is 3. The monoisotopic (exact) mass is 323 g/mol. The number of nitrogens with one attached hydrogen (secondary N) is 1. The third kappa shape index (κ3) is 2.81. The van der Waals surface area contributed by atoms with Crippen LogP contribution < -0.4 is 5.73 Å². The molecule has 0 unspecified atom stereocenters. The van der Waals surface area contributed by atoms with Crippen LogP contribution in [0, 0.1) is 5.92 Å². The fourth-order valence-electron chi connectivity index (χ4n) is 2.78. The molecule has 1 aliphatic rings. The van der Waals surface area contributed by atoms with Gasteiger partial charge in [0.05, 0.1) is 11.0 Å². The van der Waals surface area contributed by atoms with E-state index in [-0.39, 0.29) is 28.7 Å². The number of nitrogens with two attached hydrogens (primary N) is 1. The maximum absolute atomic E-state index is 12.4. The number of aromatic nitrogens is 2. The summed E-state index contributed by atoms with van der Waals surface area (Å²) in [4.78, 5) is 19.5. The SMILES string of the molecule is Br.Nc1nc2ccc(C(=O)C3CCCCC3)cc2[nH]1. The highest BCUT2D eigenvalue weighted by molar-refractivity contribution is 8.93. The zero-order chi connectivity index (χ0) is 12.5. The normalized spacial score (nSPS) is 16.2. The fourth-order valence-corrected chi connectivity index (χ4v) is 2.78. The Hall–Kier alpha value is -1.36. The second kappa shape index (κ2) is 5.74. The number of aromatic amines is 1. The first-order valence-corrected chi connectivity index (χ1v) is 6.53. The molecule has 0 spiro atoms. The number of nitrogen functional groups attached to an aromatic ring is 1. The zero-order valence-corrected chi connectivity index (χ0v) is 12.4. The summed E-state index contributed by atoms with van der Waals surface area (Å²) in [7, 11) is 0. The van der Waals surface area contributed by atoms with E-state index in [1.165, 1.54) is 19.3 Å². The summed E-state index contributed by atoms with van der Waals surface area (Å²) in [5.74, 6) is 0.869. The van der Waals surface area contributed by atoms with Crippen LogP contribution in [-0.4, -0.2) is 15.8 Å². The number of benzene rings is 1. The van der Waals surface area contributed by atoms with Crippen LogP contribution in [0.1, 0.15) is 42.5 Å². The summed E-state index contributed by atoms with van der Waals surface area (Å²) >= 11 is 0. The summed E-state index contributed by atoms with van der Waals surface area (Å²) in [6.07, 6.45) is 5.68. The molecule has 1 saturated carbocycles. The predicted octanol–water partition coefficient (Wildman–Crippen LogP) is 3.49. The lowest BCUT2D eigenvalue weighted by Crippen LogP contribution is -2.17. The number of fused-ring (bicyclic) bond motifs is 1. The van der Waals surface area contributed by atoms with Crippen LogP contribution in [0.25, 0.3) is 11.0 Å². The molecular formula is C14H18BrN3O. The molecule has 1 aromatic carbocycles. The number of anilines is 1. The highest BCUT2D eigenvalue weighted by Gasteiger charge is 2.22. The van der Waals surface area contributed by atoms with Gasteiger partial charge in [-0.15, -0.1) is 17.0 Å². The molecule has 2 aromatic rings. The highest BCUT2D eigenvalue weighted by atomic mass is 79.9. The molecular weight excluding hydrogens is 306 g/mol. The van der Waals surface area contributed by atoms with Gasteiger partial charge in [-0.2, -0.15) is 0 Å². The lowest BCUT2D eigenvalue weighted by Gasteiger charge is -2.20. The van der Waals surface area contributed by atoms with Crippen molar-refractivity contribution in [3.05, 3.63) is 23.8 Å². The zero-order valence-electron chi connectivity index (χ0n) is 10.7. The number of nitrogens with zero attached hydrogens (tertiary/aromatic N) is 1. The van der Waals surface area contributed by atoms with Crippen LogP contribution in [-0.2, 0) is 0 Å². The first-order chi connectivity index (χ1) is 8.74. The lowest BCUT2D eigenvalue weighted by molar-refractivity contribution is 0.0889. The first kappa shape index (κ1) is 14.1. The van der Waals surface area contributed by atoms with Gasteiger partial charge in [-0.05, 0) is 31.0 Å². The van der Waals surface area contributed by atoms with E-state index < -0.39 is 0 Å². The van der Waals surface area contributed by atoms with E-state index in [1.54, 1.807) is 0 Å². The van der Waals surface area contributed by atoms with E-state index in [1.807, 2.05) is 18.2 Å². The predicted molar refractivity (Wildman–Crippen MR) is 81.7 cm³/mol. The average molecular weight is 324 g/mol. The molecule has 4 nitrogen and oxygen atoms in total. The van der Waals surface area contributed by atoms with Crippen molar-refractivity contribution < 1.29 is 4.79 Å². The molecule has 1 aliphatic carbocycles. The molecule has 102 valence electrons. The van der Waals surface area contributed by atoms with Crippen molar-refractivity contribution in [3.63, 3.8) is 0 Å². The molecule has 0 radical (unpaired) electrons. The summed E-state index contributed by atoms with van der Waals surface area (Å²) in [6, 6.07) is 5.59. The quantitative estimate of drug-likeness (QED) is 0.831. The minimum Gasteiger partial charge on any atom is -0.369 e. The highest BCUT2D eigenvalue weighted by Crippen LogP contribution is 2.27. The van der Waals surface area contributed by atoms with E-state index >= 15 is 0 Å². The van der Waals surface area contributed by atoms with Gasteiger partial charge < -0.3 is 10.7 Å². The number of rotatable bonds is 2. The molecule has 1 aromatic heterocycles. The van der Waals surface area contributed by atoms with Gasteiger partial charge in [0.2, 0.25) is 0 Å². The molecule has 0 atom stereocenters. The van der Waals surface area contributed by atoms with E-state index in [0.717, 1.165) is 29.4 Å². The van der Waals surface area contributed by atoms with E-state index in [2.05, 4.69) is 9.97 Å². The molecule has 5 heteroatoms. The van der Waals surface area contributed by atoms with Crippen molar-refractivity contribution in [2.75, 3.05) is 5.73 Å². The Morgan fingerprint density at radius 1 is 1.26 bits per heavy atom. The Bertz CT molecular complexity index is 587. The van der Waals surface area contributed by atoms with Gasteiger partial charge in [0.1, 0.15) is 0 Å². The minimum atomic E-state index is 0. The van der Waals surface area contributed by atoms with E-state index in [0.29, 0.717) is 5.95 Å². The number of Topliss-reactive ketones (excluding diaryl/α,β-unsaturated/α-hetero) is 1. The standard InChI is InChI=1S/C14H17N3O.BrH/c15-14-16-11-7-6-10(8-12(11)17-14)13(18)9-4-2-1-3-5-9;/h6-9H,1-5H2,(H3,15,16,17);1H. The largest absolute Gasteiger partial charge is 0.369 e. The molecule has 3 rings (SSSR count). The third-order valence-corrected chi connectivity index (χ3v) is 3.76. The van der Waals surface area contributed by atoms with Gasteiger partial charge in [-0.3, -0.25) is 4.79 Å². The third-order valence-electron chi connectivity index (χ3n) is 3.76. The second-order valence-corrected chi connectivity index (χ2v) is 5.05. The fraction of sp³-hybridized carbons (Fsp3) is 0.429. The maximum Gasteiger partial charge on any atom is 0.198 e. The van der Waals surface area contributed by atoms with Gasteiger partial charge in [0.25, 0.3) is 0 Å². The van der Waals surface area contributed by atoms with E-state index in [4.69, 9.17) is 5.73 Å². The van der Waals surface area contributed by atoms with Gasteiger partial charge in [0.15, 0.2) is 11.7 Å². The van der Waals surface area contributed by atoms with Gasteiger partial charge in [-0.25, -0.2) is 4.98 Å². The minimum absolute atomic E-state index is 0. The number of halogens is 1. The molecule has 1 heterocycles. The number of imidazole rings is 1. The molecule has 0 saturated heterocycles. The second-order valence-electron chi connectivity index (χ2n) is 5.05. The summed E-state index contributed by atoms with van der Waals surface area (Å²) in [5.41, 5.74) is 8.04. The Balaban J connectivity index is 0.00000133. The Kier molecular flexibility index (Phi) is 4.24. The van der Waals surface area contributed by atoms with Crippen molar-refractivity contribution in [1.82, 2.24) is 9.97 Å². The molecule has 3 N–H and O–H groups in total. The molecule has 0 aliphatic heterocycles. The van der Waals surface area contributed by atoms with E-state index in [9.17, 15) is 4.79 Å². The van der Waals surface area contributed by atoms with Crippen molar-refractivity contribution in [1.29, 1.82) is 0 Å². The van der Waals surface area contributed by atoms with Crippen LogP contribution in [0.4, 0.5) is 5.95 Å². The average Bonchev–Trinajstić information content (AvgIpc) is 2.78. The Morgan fingerprint density at radius 2 is 2.00 bits per heavy atom. The molecule has 1 fully saturated rings. The van der Waals surface area contributed by atoms with Crippen LogP contribution in [0.15, 0.2) is 18.2 Å². The van der Waals surface area contributed by atoms with Crippen molar-refractivity contribution in [2.45, 2.75) is 32.1 Å². The van der Waals surface area contributed by atoms with Crippen molar-refractivity contribution in [3.8, 4) is 0 Å². The van der Waals surface area contributed by atoms with Crippen molar-refractivity contribution in [2.24, 2.45) is 5.92 Å². The maximum atomic E-state index is 12.4. The summed E-state index contributed by atoms with van der Waals surface area (Å²) in [6.45, 7) is 0. The van der Waals surface area contributed by atoms with Crippen LogP contribution in [0.5, 0.6) is 0 Å². The van der Waals surface area contributed by atoms with Gasteiger partial charge in [0, 0.05) is 11.5 Å². The Labute approximate surface area is 122 Å². The molecule has 0 amide bonds. The molecule has 0 bridgehead atoms. The summed E-state index contributed by atoms with van der Waals surface area (Å²) < 4.78 is 0. The number of carbonyl (C=O) groups excluding carboxylic acids is 1.